The number of non-ortho nitro benzene ring substituents is 1. The smallest absolute Gasteiger partial charge is 0.269 e. The van der Waals surface area contributed by atoms with Gasteiger partial charge < -0.3 is 15.2 Å². The number of rotatable bonds is 6. The zero-order valence-corrected chi connectivity index (χ0v) is 9.84. The molecule has 1 atom stereocenters. The van der Waals surface area contributed by atoms with Gasteiger partial charge in [0.05, 0.1) is 18.1 Å². The second-order valence-corrected chi connectivity index (χ2v) is 3.76. The summed E-state index contributed by atoms with van der Waals surface area (Å²) in [6.07, 6.45) is 0. The number of ether oxygens (including phenoxy) is 1. The zero-order chi connectivity index (χ0) is 12.8. The number of methoxy groups -OCH3 is 1. The molecule has 2 N–H and O–H groups in total. The van der Waals surface area contributed by atoms with E-state index < -0.39 is 4.92 Å². The number of nitro groups is 1. The van der Waals surface area contributed by atoms with E-state index in [-0.39, 0.29) is 24.9 Å². The molecule has 1 aromatic carbocycles. The monoisotopic (exact) mass is 240 g/mol. The molecule has 94 valence electrons. The van der Waals surface area contributed by atoms with E-state index in [1.54, 1.807) is 6.07 Å². The molecule has 0 saturated carbocycles. The Morgan fingerprint density at radius 1 is 1.59 bits per heavy atom. The lowest BCUT2D eigenvalue weighted by atomic mass is 10.1. The summed E-state index contributed by atoms with van der Waals surface area (Å²) in [5, 5.41) is 22.7. The number of aliphatic hydroxyl groups excluding tert-OH is 1. The largest absolute Gasteiger partial charge is 0.394 e. The van der Waals surface area contributed by atoms with Crippen molar-refractivity contribution in [3.63, 3.8) is 0 Å². The van der Waals surface area contributed by atoms with E-state index in [4.69, 9.17) is 9.84 Å². The molecule has 0 aliphatic heterocycles. The maximum atomic E-state index is 10.7. The van der Waals surface area contributed by atoms with Crippen LogP contribution in [-0.4, -0.2) is 29.8 Å². The summed E-state index contributed by atoms with van der Waals surface area (Å²) in [6, 6.07) is 4.40. The first-order valence-corrected chi connectivity index (χ1v) is 5.22. The molecule has 0 aliphatic carbocycles. The van der Waals surface area contributed by atoms with Crippen LogP contribution < -0.4 is 5.32 Å². The number of nitrogens with one attached hydrogen (secondary N) is 1. The molecule has 1 unspecified atom stereocenters. The number of nitro benzene ring substituents is 1. The molecule has 0 amide bonds. The first kappa shape index (κ1) is 13.4. The second-order valence-electron chi connectivity index (χ2n) is 3.76. The van der Waals surface area contributed by atoms with Crippen LogP contribution in [0.1, 0.15) is 12.5 Å². The first-order valence-electron chi connectivity index (χ1n) is 5.22. The number of nitrogens with zero attached hydrogens (tertiary/aromatic N) is 1. The third kappa shape index (κ3) is 3.69. The van der Waals surface area contributed by atoms with Gasteiger partial charge in [0, 0.05) is 36.5 Å². The molecule has 0 fully saturated rings. The first-order chi connectivity index (χ1) is 8.08. The van der Waals surface area contributed by atoms with E-state index in [0.29, 0.717) is 5.56 Å². The fraction of sp³-hybridized carbons (Fsp3) is 0.455. The van der Waals surface area contributed by atoms with Gasteiger partial charge in [-0.25, -0.2) is 0 Å². The second kappa shape index (κ2) is 6.17. The van der Waals surface area contributed by atoms with Crippen molar-refractivity contribution in [2.24, 2.45) is 0 Å². The van der Waals surface area contributed by atoms with Crippen LogP contribution in [0.25, 0.3) is 0 Å². The summed E-state index contributed by atoms with van der Waals surface area (Å²) in [6.45, 7) is 2.09. The summed E-state index contributed by atoms with van der Waals surface area (Å²) < 4.78 is 4.99. The third-order valence-electron chi connectivity index (χ3n) is 2.28. The highest BCUT2D eigenvalue weighted by atomic mass is 16.6. The van der Waals surface area contributed by atoms with Gasteiger partial charge in [0.15, 0.2) is 0 Å². The van der Waals surface area contributed by atoms with Crippen molar-refractivity contribution in [2.75, 3.05) is 19.0 Å². The van der Waals surface area contributed by atoms with Gasteiger partial charge in [0.1, 0.15) is 0 Å². The summed E-state index contributed by atoms with van der Waals surface area (Å²) in [5.74, 6) is 0. The van der Waals surface area contributed by atoms with Gasteiger partial charge in [-0.2, -0.15) is 0 Å². The van der Waals surface area contributed by atoms with Gasteiger partial charge in [-0.3, -0.25) is 10.1 Å². The molecule has 0 heterocycles. The Hall–Kier alpha value is -1.66. The number of hydrogen-bond donors (Lipinski definition) is 2. The number of hydrogen-bond acceptors (Lipinski definition) is 5. The molecule has 6 heteroatoms. The lowest BCUT2D eigenvalue weighted by Crippen LogP contribution is -2.20. The summed E-state index contributed by atoms with van der Waals surface area (Å²) in [5.41, 5.74) is 1.46. The maximum absolute atomic E-state index is 10.7. The Kier molecular flexibility index (Phi) is 4.86. The summed E-state index contributed by atoms with van der Waals surface area (Å²) in [4.78, 5) is 10.2. The SMILES string of the molecule is COCc1cc([N+](=O)[O-])ccc1NC(C)CO. The molecule has 0 saturated heterocycles. The van der Waals surface area contributed by atoms with Crippen molar-refractivity contribution in [3.05, 3.63) is 33.9 Å². The van der Waals surface area contributed by atoms with Crippen LogP contribution >= 0.6 is 0 Å². The molecule has 0 radical (unpaired) electrons. The van der Waals surface area contributed by atoms with Crippen LogP contribution in [-0.2, 0) is 11.3 Å². The topological polar surface area (TPSA) is 84.6 Å². The van der Waals surface area contributed by atoms with Gasteiger partial charge in [0.25, 0.3) is 5.69 Å². The average Bonchev–Trinajstić information content (AvgIpc) is 2.31. The van der Waals surface area contributed by atoms with Crippen molar-refractivity contribution in [2.45, 2.75) is 19.6 Å². The molecular weight excluding hydrogens is 224 g/mol. The van der Waals surface area contributed by atoms with Gasteiger partial charge >= 0.3 is 0 Å². The van der Waals surface area contributed by atoms with Crippen molar-refractivity contribution in [1.82, 2.24) is 0 Å². The van der Waals surface area contributed by atoms with Crippen molar-refractivity contribution < 1.29 is 14.8 Å². The minimum absolute atomic E-state index is 0.0105. The average molecular weight is 240 g/mol. The quantitative estimate of drug-likeness (QED) is 0.582. The molecule has 0 spiro atoms. The van der Waals surface area contributed by atoms with Crippen molar-refractivity contribution >= 4 is 11.4 Å². The highest BCUT2D eigenvalue weighted by Gasteiger charge is 2.11. The van der Waals surface area contributed by atoms with Gasteiger partial charge in [0.2, 0.25) is 0 Å². The van der Waals surface area contributed by atoms with Gasteiger partial charge in [-0.1, -0.05) is 0 Å². The molecule has 1 rings (SSSR count). The molecule has 17 heavy (non-hydrogen) atoms. The minimum Gasteiger partial charge on any atom is -0.394 e. The van der Waals surface area contributed by atoms with Crippen LogP contribution in [0.4, 0.5) is 11.4 Å². The summed E-state index contributed by atoms with van der Waals surface area (Å²) in [7, 11) is 1.53. The Labute approximate surface area is 99.4 Å². The van der Waals surface area contributed by atoms with Gasteiger partial charge in [-0.05, 0) is 13.0 Å². The van der Waals surface area contributed by atoms with E-state index in [1.807, 2.05) is 6.92 Å². The van der Waals surface area contributed by atoms with E-state index in [2.05, 4.69) is 5.32 Å². The Morgan fingerprint density at radius 2 is 2.29 bits per heavy atom. The number of aliphatic hydroxyl groups is 1. The lowest BCUT2D eigenvalue weighted by molar-refractivity contribution is -0.384. The standard InChI is InChI=1S/C11H16N2O4/c1-8(6-14)12-11-4-3-10(13(15)16)5-9(11)7-17-2/h3-5,8,12,14H,6-7H2,1-2H3. The fourth-order valence-electron chi connectivity index (χ4n) is 1.42. The predicted molar refractivity (Wildman–Crippen MR) is 64.0 cm³/mol. The van der Waals surface area contributed by atoms with Crippen LogP contribution in [0.2, 0.25) is 0 Å². The third-order valence-corrected chi connectivity index (χ3v) is 2.28. The van der Waals surface area contributed by atoms with Crippen LogP contribution in [0, 0.1) is 10.1 Å². The Balaban J connectivity index is 2.99. The molecule has 0 bridgehead atoms. The molecule has 6 nitrogen and oxygen atoms in total. The highest BCUT2D eigenvalue weighted by Crippen LogP contribution is 2.23. The molecule has 0 aliphatic rings. The molecular formula is C11H16N2O4. The number of benzene rings is 1. The zero-order valence-electron chi connectivity index (χ0n) is 9.84. The van der Waals surface area contributed by atoms with E-state index >= 15 is 0 Å². The minimum atomic E-state index is -0.446. The van der Waals surface area contributed by atoms with Crippen molar-refractivity contribution in [1.29, 1.82) is 0 Å². The summed E-state index contributed by atoms with van der Waals surface area (Å²) >= 11 is 0. The van der Waals surface area contributed by atoms with E-state index in [0.717, 1.165) is 5.69 Å². The van der Waals surface area contributed by atoms with Crippen molar-refractivity contribution in [3.8, 4) is 0 Å². The highest BCUT2D eigenvalue weighted by molar-refractivity contribution is 5.56. The fourth-order valence-corrected chi connectivity index (χ4v) is 1.42. The maximum Gasteiger partial charge on any atom is 0.269 e. The predicted octanol–water partition coefficient (Wildman–Crippen LogP) is 1.53. The number of anilines is 1. The van der Waals surface area contributed by atoms with Crippen LogP contribution in [0.3, 0.4) is 0 Å². The Bertz CT molecular complexity index is 395. The van der Waals surface area contributed by atoms with Gasteiger partial charge in [-0.15, -0.1) is 0 Å². The Morgan fingerprint density at radius 3 is 2.82 bits per heavy atom. The van der Waals surface area contributed by atoms with E-state index in [1.165, 1.54) is 19.2 Å². The lowest BCUT2D eigenvalue weighted by Gasteiger charge is -2.15. The normalized spacial score (nSPS) is 12.2. The molecule has 1 aromatic rings. The molecule has 0 aromatic heterocycles. The van der Waals surface area contributed by atoms with Crippen LogP contribution in [0.15, 0.2) is 18.2 Å². The van der Waals surface area contributed by atoms with Crippen LogP contribution in [0.5, 0.6) is 0 Å². The van der Waals surface area contributed by atoms with E-state index in [9.17, 15) is 10.1 Å².